The molecule has 0 spiro atoms. The number of nitrogens with zero attached hydrogens (tertiary/aromatic N) is 2. The van der Waals surface area contributed by atoms with Crippen LogP contribution in [0.4, 0.5) is 0 Å². The van der Waals surface area contributed by atoms with Crippen molar-refractivity contribution < 1.29 is 17.9 Å². The first kappa shape index (κ1) is 21.0. The Morgan fingerprint density at radius 1 is 1.14 bits per heavy atom. The predicted molar refractivity (Wildman–Crippen MR) is 114 cm³/mol. The smallest absolute Gasteiger partial charge is 0.360 e. The molecule has 0 bridgehead atoms. The molecule has 29 heavy (non-hydrogen) atoms. The highest BCUT2D eigenvalue weighted by atomic mass is 79.9. The molecule has 0 amide bonds. The second kappa shape index (κ2) is 8.73. The number of primary sulfonamides is 1. The zero-order valence-corrected chi connectivity index (χ0v) is 17.9. The van der Waals surface area contributed by atoms with Gasteiger partial charge in [-0.2, -0.15) is 5.10 Å². The van der Waals surface area contributed by atoms with Gasteiger partial charge in [-0.15, -0.1) is 0 Å². The molecule has 1 heterocycles. The Hall–Kier alpha value is -2.75. The number of halogens is 1. The largest absolute Gasteiger partial charge is 0.461 e. The maximum absolute atomic E-state index is 12.3. The molecule has 0 radical (unpaired) electrons. The highest BCUT2D eigenvalue weighted by Gasteiger charge is 2.22. The van der Waals surface area contributed by atoms with E-state index in [4.69, 9.17) is 9.88 Å². The fourth-order valence-corrected chi connectivity index (χ4v) is 3.66. The summed E-state index contributed by atoms with van der Waals surface area (Å²) in [5, 5.41) is 9.52. The summed E-state index contributed by atoms with van der Waals surface area (Å²) in [5.74, 6) is -0.561. The number of hydrogen-bond donors (Lipinski definition) is 1. The SMILES string of the molecule is CCOC(=O)c1nn(-c2ccc(S(N)(=O)=O)cc2)c(/C=C/c2ccccc2)c1Br. The lowest BCUT2D eigenvalue weighted by atomic mass is 10.2. The maximum Gasteiger partial charge on any atom is 0.360 e. The number of carbonyl (C=O) groups excluding carboxylic acids is 1. The summed E-state index contributed by atoms with van der Waals surface area (Å²) in [4.78, 5) is 12.3. The van der Waals surface area contributed by atoms with Gasteiger partial charge >= 0.3 is 5.97 Å². The second-order valence-corrected chi connectivity index (χ2v) is 8.32. The Kier molecular flexibility index (Phi) is 6.31. The van der Waals surface area contributed by atoms with Gasteiger partial charge in [0.1, 0.15) is 0 Å². The van der Waals surface area contributed by atoms with Crippen LogP contribution in [0.2, 0.25) is 0 Å². The minimum atomic E-state index is -3.81. The number of rotatable bonds is 6. The lowest BCUT2D eigenvalue weighted by Crippen LogP contribution is -2.12. The van der Waals surface area contributed by atoms with Gasteiger partial charge in [-0.3, -0.25) is 0 Å². The zero-order valence-electron chi connectivity index (χ0n) is 15.4. The topological polar surface area (TPSA) is 104 Å². The van der Waals surface area contributed by atoms with E-state index in [9.17, 15) is 13.2 Å². The van der Waals surface area contributed by atoms with Gasteiger partial charge in [-0.25, -0.2) is 23.0 Å². The molecular formula is C20H18BrN3O4S. The molecule has 7 nitrogen and oxygen atoms in total. The molecule has 0 aliphatic rings. The number of aromatic nitrogens is 2. The van der Waals surface area contributed by atoms with E-state index in [1.54, 1.807) is 19.1 Å². The van der Waals surface area contributed by atoms with Crippen LogP contribution >= 0.6 is 15.9 Å². The zero-order chi connectivity index (χ0) is 21.0. The van der Waals surface area contributed by atoms with E-state index in [1.165, 1.54) is 16.8 Å². The number of ether oxygens (including phenoxy) is 1. The number of nitrogens with two attached hydrogens (primary N) is 1. The van der Waals surface area contributed by atoms with Crippen LogP contribution in [0, 0.1) is 0 Å². The van der Waals surface area contributed by atoms with E-state index in [1.807, 2.05) is 42.5 Å². The molecule has 3 aromatic rings. The van der Waals surface area contributed by atoms with Crippen molar-refractivity contribution in [3.05, 3.63) is 76.0 Å². The molecule has 1 aromatic heterocycles. The third-order valence-corrected chi connectivity index (χ3v) is 5.68. The third-order valence-electron chi connectivity index (χ3n) is 3.97. The van der Waals surface area contributed by atoms with Crippen LogP contribution in [0.1, 0.15) is 28.7 Å². The Balaban J connectivity index is 2.10. The fourth-order valence-electron chi connectivity index (χ4n) is 2.60. The van der Waals surface area contributed by atoms with E-state index in [-0.39, 0.29) is 17.2 Å². The molecule has 9 heteroatoms. The number of esters is 1. The van der Waals surface area contributed by atoms with Crippen LogP contribution in [0.25, 0.3) is 17.8 Å². The second-order valence-electron chi connectivity index (χ2n) is 5.96. The van der Waals surface area contributed by atoms with Gasteiger partial charge in [0.2, 0.25) is 10.0 Å². The molecule has 0 saturated carbocycles. The standard InChI is InChI=1S/C20H18BrN3O4S/c1-2-28-20(25)19-18(21)17(13-8-14-6-4-3-5-7-14)24(23-19)15-9-11-16(12-10-15)29(22,26)27/h3-13H,2H2,1H3,(H2,22,26,27)/b13-8+. The van der Waals surface area contributed by atoms with Crippen LogP contribution in [0.5, 0.6) is 0 Å². The van der Waals surface area contributed by atoms with Crippen LogP contribution in [0.3, 0.4) is 0 Å². The molecule has 0 atom stereocenters. The van der Waals surface area contributed by atoms with Crippen molar-refractivity contribution in [2.75, 3.05) is 6.61 Å². The predicted octanol–water partition coefficient (Wildman–Crippen LogP) is 3.63. The van der Waals surface area contributed by atoms with E-state index >= 15 is 0 Å². The van der Waals surface area contributed by atoms with Gasteiger partial charge < -0.3 is 4.74 Å². The van der Waals surface area contributed by atoms with Crippen molar-refractivity contribution >= 4 is 44.1 Å². The Labute approximate surface area is 177 Å². The van der Waals surface area contributed by atoms with E-state index < -0.39 is 16.0 Å². The van der Waals surface area contributed by atoms with Crippen LogP contribution in [-0.2, 0) is 14.8 Å². The van der Waals surface area contributed by atoms with Crippen molar-refractivity contribution in [1.29, 1.82) is 0 Å². The lowest BCUT2D eigenvalue weighted by molar-refractivity contribution is 0.0518. The summed E-state index contributed by atoms with van der Waals surface area (Å²) in [6, 6.07) is 15.5. The van der Waals surface area contributed by atoms with Crippen LogP contribution in [-0.4, -0.2) is 30.8 Å². The lowest BCUT2D eigenvalue weighted by Gasteiger charge is -2.06. The first-order valence-corrected chi connectivity index (χ1v) is 11.0. The molecular weight excluding hydrogens is 458 g/mol. The third kappa shape index (κ3) is 4.81. The quantitative estimate of drug-likeness (QED) is 0.548. The van der Waals surface area contributed by atoms with E-state index in [2.05, 4.69) is 21.0 Å². The summed E-state index contributed by atoms with van der Waals surface area (Å²) in [5.41, 5.74) is 2.24. The molecule has 150 valence electrons. The van der Waals surface area contributed by atoms with Crippen LogP contribution < -0.4 is 5.14 Å². The van der Waals surface area contributed by atoms with Crippen molar-refractivity contribution in [1.82, 2.24) is 9.78 Å². The number of carbonyl (C=O) groups is 1. The first-order chi connectivity index (χ1) is 13.8. The van der Waals surface area contributed by atoms with Crippen LogP contribution in [0.15, 0.2) is 64.0 Å². The Bertz CT molecular complexity index is 1150. The minimum Gasteiger partial charge on any atom is -0.461 e. The van der Waals surface area contributed by atoms with Crippen molar-refractivity contribution in [3.8, 4) is 5.69 Å². The molecule has 0 aliphatic heterocycles. The van der Waals surface area contributed by atoms with E-state index in [0.717, 1.165) is 5.56 Å². The molecule has 0 saturated heterocycles. The first-order valence-electron chi connectivity index (χ1n) is 8.63. The highest BCUT2D eigenvalue weighted by Crippen LogP contribution is 2.27. The normalized spacial score (nSPS) is 11.7. The van der Waals surface area contributed by atoms with Crippen molar-refractivity contribution in [2.24, 2.45) is 5.14 Å². The summed E-state index contributed by atoms with van der Waals surface area (Å²) in [7, 11) is -3.81. The van der Waals surface area contributed by atoms with Crippen molar-refractivity contribution in [3.63, 3.8) is 0 Å². The molecule has 3 rings (SSSR count). The highest BCUT2D eigenvalue weighted by molar-refractivity contribution is 9.10. The fraction of sp³-hybridized carbons (Fsp3) is 0.100. The summed E-state index contributed by atoms with van der Waals surface area (Å²) < 4.78 is 30.1. The average molecular weight is 476 g/mol. The molecule has 0 unspecified atom stereocenters. The number of benzene rings is 2. The van der Waals surface area contributed by atoms with E-state index in [0.29, 0.717) is 15.9 Å². The van der Waals surface area contributed by atoms with Crippen molar-refractivity contribution in [2.45, 2.75) is 11.8 Å². The molecule has 0 aliphatic carbocycles. The van der Waals surface area contributed by atoms with Gasteiger partial charge in [-0.05, 0) is 58.8 Å². The van der Waals surface area contributed by atoms with Gasteiger partial charge in [0.05, 0.1) is 27.4 Å². The minimum absolute atomic E-state index is 0.0144. The van der Waals surface area contributed by atoms with Gasteiger partial charge in [0.15, 0.2) is 5.69 Å². The Morgan fingerprint density at radius 2 is 1.79 bits per heavy atom. The van der Waals surface area contributed by atoms with Gasteiger partial charge in [-0.1, -0.05) is 36.4 Å². The molecule has 2 N–H and O–H groups in total. The molecule has 0 fully saturated rings. The summed E-state index contributed by atoms with van der Waals surface area (Å²) in [6.45, 7) is 1.93. The molecule has 2 aromatic carbocycles. The summed E-state index contributed by atoms with van der Waals surface area (Å²) in [6.07, 6.45) is 3.69. The average Bonchev–Trinajstić information content (AvgIpc) is 3.03. The maximum atomic E-state index is 12.3. The van der Waals surface area contributed by atoms with Gasteiger partial charge in [0.25, 0.3) is 0 Å². The monoisotopic (exact) mass is 475 g/mol. The Morgan fingerprint density at radius 3 is 2.38 bits per heavy atom. The number of hydrogen-bond acceptors (Lipinski definition) is 5. The van der Waals surface area contributed by atoms with Gasteiger partial charge in [0, 0.05) is 0 Å². The number of sulfonamides is 1. The summed E-state index contributed by atoms with van der Waals surface area (Å²) >= 11 is 3.44.